The first-order valence-electron chi connectivity index (χ1n) is 4.93. The number of H-pyrrole nitrogens is 1. The van der Waals surface area contributed by atoms with Gasteiger partial charge in [0.1, 0.15) is 5.69 Å². The number of amides is 1. The average Bonchev–Trinajstić information content (AvgIpc) is 2.73. The first kappa shape index (κ1) is 9.12. The van der Waals surface area contributed by atoms with Gasteiger partial charge in [-0.15, -0.1) is 0 Å². The van der Waals surface area contributed by atoms with Crippen LogP contribution in [-0.4, -0.2) is 28.4 Å². The van der Waals surface area contributed by atoms with Gasteiger partial charge in [0.2, 0.25) is 0 Å². The molecule has 3 N–H and O–H groups in total. The number of nitrogens with two attached hydrogens (primary N) is 1. The average molecular weight is 193 g/mol. The summed E-state index contributed by atoms with van der Waals surface area (Å²) >= 11 is 0. The number of nitrogens with zero attached hydrogens (tertiary/aromatic N) is 1. The van der Waals surface area contributed by atoms with Crippen LogP contribution < -0.4 is 5.73 Å². The van der Waals surface area contributed by atoms with Crippen molar-refractivity contribution in [3.63, 3.8) is 0 Å². The minimum Gasteiger partial charge on any atom is -0.397 e. The van der Waals surface area contributed by atoms with Crippen LogP contribution in [-0.2, 0) is 0 Å². The molecule has 1 fully saturated rings. The van der Waals surface area contributed by atoms with E-state index in [4.69, 9.17) is 5.73 Å². The second kappa shape index (κ2) is 3.36. The fourth-order valence-electron chi connectivity index (χ4n) is 1.92. The van der Waals surface area contributed by atoms with Crippen LogP contribution in [0.4, 0.5) is 5.69 Å². The molecular weight excluding hydrogens is 178 g/mol. The van der Waals surface area contributed by atoms with Crippen molar-refractivity contribution in [1.82, 2.24) is 9.88 Å². The van der Waals surface area contributed by atoms with E-state index >= 15 is 0 Å². The molecule has 1 saturated heterocycles. The van der Waals surface area contributed by atoms with Gasteiger partial charge >= 0.3 is 0 Å². The van der Waals surface area contributed by atoms with Crippen molar-refractivity contribution < 1.29 is 4.79 Å². The number of rotatable bonds is 1. The van der Waals surface area contributed by atoms with Gasteiger partial charge in [0.05, 0.1) is 0 Å². The molecule has 2 rings (SSSR count). The van der Waals surface area contributed by atoms with Crippen LogP contribution in [0.5, 0.6) is 0 Å². The second-order valence-corrected chi connectivity index (χ2v) is 3.84. The molecule has 0 radical (unpaired) electrons. The second-order valence-electron chi connectivity index (χ2n) is 3.84. The molecule has 1 aliphatic rings. The molecule has 4 heteroatoms. The Morgan fingerprint density at radius 2 is 2.50 bits per heavy atom. The molecule has 0 spiro atoms. The van der Waals surface area contributed by atoms with Gasteiger partial charge in [-0.2, -0.15) is 0 Å². The summed E-state index contributed by atoms with van der Waals surface area (Å²) in [7, 11) is 0. The zero-order valence-corrected chi connectivity index (χ0v) is 8.29. The summed E-state index contributed by atoms with van der Waals surface area (Å²) in [5.41, 5.74) is 6.75. The SMILES string of the molecule is CC1CCCN1C(=O)c1cc(N)c[nH]1. The number of carbonyl (C=O) groups is 1. The summed E-state index contributed by atoms with van der Waals surface area (Å²) in [6.45, 7) is 2.94. The number of carbonyl (C=O) groups excluding carboxylic acids is 1. The third kappa shape index (κ3) is 1.47. The molecule has 1 unspecified atom stereocenters. The highest BCUT2D eigenvalue weighted by Crippen LogP contribution is 2.19. The number of aromatic nitrogens is 1. The van der Waals surface area contributed by atoms with Crippen LogP contribution in [0.25, 0.3) is 0 Å². The summed E-state index contributed by atoms with van der Waals surface area (Å²) in [6.07, 6.45) is 3.85. The van der Waals surface area contributed by atoms with E-state index in [9.17, 15) is 4.79 Å². The number of nitrogen functional groups attached to an aromatic ring is 1. The highest BCUT2D eigenvalue weighted by molar-refractivity contribution is 5.93. The van der Waals surface area contributed by atoms with Crippen LogP contribution in [0.3, 0.4) is 0 Å². The molecule has 1 amide bonds. The van der Waals surface area contributed by atoms with Crippen molar-refractivity contribution in [1.29, 1.82) is 0 Å². The van der Waals surface area contributed by atoms with Crippen molar-refractivity contribution in [3.8, 4) is 0 Å². The van der Waals surface area contributed by atoms with Crippen LogP contribution in [0.15, 0.2) is 12.3 Å². The monoisotopic (exact) mass is 193 g/mol. The molecule has 1 aliphatic heterocycles. The number of nitrogens with one attached hydrogen (secondary N) is 1. The van der Waals surface area contributed by atoms with Crippen molar-refractivity contribution in [2.45, 2.75) is 25.8 Å². The topological polar surface area (TPSA) is 62.1 Å². The molecule has 1 aromatic rings. The van der Waals surface area contributed by atoms with Crippen LogP contribution in [0.2, 0.25) is 0 Å². The predicted octanol–water partition coefficient (Wildman–Crippen LogP) is 1.22. The van der Waals surface area contributed by atoms with Gasteiger partial charge in [0.25, 0.3) is 5.91 Å². The maximum Gasteiger partial charge on any atom is 0.270 e. The Bertz CT molecular complexity index is 345. The highest BCUT2D eigenvalue weighted by Gasteiger charge is 2.26. The molecule has 0 aromatic carbocycles. The highest BCUT2D eigenvalue weighted by atomic mass is 16.2. The molecule has 1 aromatic heterocycles. The summed E-state index contributed by atoms with van der Waals surface area (Å²) < 4.78 is 0. The van der Waals surface area contributed by atoms with Crippen LogP contribution in [0, 0.1) is 0 Å². The summed E-state index contributed by atoms with van der Waals surface area (Å²) in [5, 5.41) is 0. The first-order chi connectivity index (χ1) is 6.68. The first-order valence-corrected chi connectivity index (χ1v) is 4.93. The zero-order chi connectivity index (χ0) is 10.1. The number of likely N-dealkylation sites (tertiary alicyclic amines) is 1. The molecule has 0 aliphatic carbocycles. The summed E-state index contributed by atoms with van der Waals surface area (Å²) in [5.74, 6) is 0.0618. The van der Waals surface area contributed by atoms with E-state index in [2.05, 4.69) is 11.9 Å². The summed E-state index contributed by atoms with van der Waals surface area (Å²) in [4.78, 5) is 16.7. The van der Waals surface area contributed by atoms with Gasteiger partial charge in [0.15, 0.2) is 0 Å². The number of hydrogen-bond donors (Lipinski definition) is 2. The molecule has 76 valence electrons. The lowest BCUT2D eigenvalue weighted by molar-refractivity contribution is 0.0742. The van der Waals surface area contributed by atoms with Crippen LogP contribution >= 0.6 is 0 Å². The van der Waals surface area contributed by atoms with E-state index in [1.54, 1.807) is 12.3 Å². The summed E-state index contributed by atoms with van der Waals surface area (Å²) in [6, 6.07) is 2.04. The quantitative estimate of drug-likeness (QED) is 0.704. The number of hydrogen-bond acceptors (Lipinski definition) is 2. The largest absolute Gasteiger partial charge is 0.397 e. The molecule has 4 nitrogen and oxygen atoms in total. The van der Waals surface area contributed by atoms with Gasteiger partial charge in [0, 0.05) is 24.5 Å². The maximum atomic E-state index is 11.9. The van der Waals surface area contributed by atoms with Crippen molar-refractivity contribution >= 4 is 11.6 Å². The maximum absolute atomic E-state index is 11.9. The minimum absolute atomic E-state index is 0.0618. The van der Waals surface area contributed by atoms with Gasteiger partial charge in [-0.25, -0.2) is 0 Å². The van der Waals surface area contributed by atoms with E-state index in [1.807, 2.05) is 4.90 Å². The normalized spacial score (nSPS) is 21.5. The molecule has 0 saturated carbocycles. The minimum atomic E-state index is 0.0618. The Morgan fingerprint density at radius 3 is 3.00 bits per heavy atom. The number of anilines is 1. The fraction of sp³-hybridized carbons (Fsp3) is 0.500. The van der Waals surface area contributed by atoms with Crippen molar-refractivity contribution in [3.05, 3.63) is 18.0 Å². The molecule has 1 atom stereocenters. The van der Waals surface area contributed by atoms with E-state index in [0.29, 0.717) is 17.4 Å². The van der Waals surface area contributed by atoms with Crippen molar-refractivity contribution in [2.24, 2.45) is 0 Å². The Balaban J connectivity index is 2.15. The Hall–Kier alpha value is -1.45. The van der Waals surface area contributed by atoms with Crippen LogP contribution in [0.1, 0.15) is 30.3 Å². The van der Waals surface area contributed by atoms with Gasteiger partial charge in [-0.1, -0.05) is 0 Å². The third-order valence-corrected chi connectivity index (χ3v) is 2.75. The molecule has 0 bridgehead atoms. The van der Waals surface area contributed by atoms with Gasteiger partial charge < -0.3 is 15.6 Å². The lowest BCUT2D eigenvalue weighted by atomic mass is 10.2. The molecular formula is C10H15N3O. The van der Waals surface area contributed by atoms with E-state index < -0.39 is 0 Å². The number of aromatic amines is 1. The third-order valence-electron chi connectivity index (χ3n) is 2.75. The Labute approximate surface area is 83.1 Å². The smallest absolute Gasteiger partial charge is 0.270 e. The molecule has 2 heterocycles. The Kier molecular flexibility index (Phi) is 2.19. The van der Waals surface area contributed by atoms with Gasteiger partial charge in [-0.05, 0) is 25.8 Å². The lowest BCUT2D eigenvalue weighted by Gasteiger charge is -2.20. The Morgan fingerprint density at radius 1 is 1.71 bits per heavy atom. The predicted molar refractivity (Wildman–Crippen MR) is 54.9 cm³/mol. The van der Waals surface area contributed by atoms with Crippen molar-refractivity contribution in [2.75, 3.05) is 12.3 Å². The molecule has 14 heavy (non-hydrogen) atoms. The zero-order valence-electron chi connectivity index (χ0n) is 8.29. The van der Waals surface area contributed by atoms with E-state index in [-0.39, 0.29) is 5.91 Å². The van der Waals surface area contributed by atoms with E-state index in [0.717, 1.165) is 19.4 Å². The standard InChI is InChI=1S/C10H15N3O/c1-7-3-2-4-13(7)10(14)9-5-8(11)6-12-9/h5-7,12H,2-4,11H2,1H3. The lowest BCUT2D eigenvalue weighted by Crippen LogP contribution is -2.33. The van der Waals surface area contributed by atoms with E-state index in [1.165, 1.54) is 0 Å². The van der Waals surface area contributed by atoms with Gasteiger partial charge in [-0.3, -0.25) is 4.79 Å². The fourth-order valence-corrected chi connectivity index (χ4v) is 1.92.